The number of hydrogen-bond donors (Lipinski definition) is 2. The van der Waals surface area contributed by atoms with Crippen molar-refractivity contribution in [2.45, 2.75) is 45.1 Å². The molecule has 0 bridgehead atoms. The Morgan fingerprint density at radius 3 is 2.56 bits per heavy atom. The number of primary amides is 1. The molecule has 5 nitrogen and oxygen atoms in total. The van der Waals surface area contributed by atoms with E-state index in [1.54, 1.807) is 4.90 Å². The maximum absolute atomic E-state index is 12.7. The van der Waals surface area contributed by atoms with Crippen LogP contribution >= 0.6 is 0 Å². The van der Waals surface area contributed by atoms with Crippen molar-refractivity contribution in [3.8, 4) is 0 Å². The summed E-state index contributed by atoms with van der Waals surface area (Å²) in [5, 5.41) is 3.12. The molecule has 0 aromatic carbocycles. The van der Waals surface area contributed by atoms with Crippen molar-refractivity contribution in [1.29, 1.82) is 0 Å². The third-order valence-corrected chi connectivity index (χ3v) is 4.31. The summed E-state index contributed by atoms with van der Waals surface area (Å²) < 4.78 is 0. The molecule has 18 heavy (non-hydrogen) atoms. The molecule has 0 aromatic heterocycles. The van der Waals surface area contributed by atoms with Crippen molar-refractivity contribution in [2.24, 2.45) is 11.1 Å². The zero-order valence-electron chi connectivity index (χ0n) is 11.1. The second kappa shape index (κ2) is 5.26. The van der Waals surface area contributed by atoms with Gasteiger partial charge in [-0.2, -0.15) is 0 Å². The molecule has 1 saturated heterocycles. The summed E-state index contributed by atoms with van der Waals surface area (Å²) in [6.07, 6.45) is 5.29. The van der Waals surface area contributed by atoms with E-state index in [4.69, 9.17) is 5.73 Å². The van der Waals surface area contributed by atoms with Gasteiger partial charge < -0.3 is 16.0 Å². The zero-order valence-corrected chi connectivity index (χ0v) is 11.1. The molecular weight excluding hydrogens is 230 g/mol. The monoisotopic (exact) mass is 253 g/mol. The summed E-state index contributed by atoms with van der Waals surface area (Å²) in [6.45, 7) is 3.85. The topological polar surface area (TPSA) is 75.4 Å². The lowest BCUT2D eigenvalue weighted by Gasteiger charge is -2.41. The van der Waals surface area contributed by atoms with Crippen LogP contribution in [-0.2, 0) is 9.59 Å². The maximum Gasteiger partial charge on any atom is 0.241 e. The van der Waals surface area contributed by atoms with Crippen LogP contribution in [0.4, 0.5) is 0 Å². The number of carbonyl (C=O) groups excluding carboxylic acids is 2. The SMILES string of the molecule is CC1(C(=O)N2CCNCC2C(N)=O)CCCCC1. The quantitative estimate of drug-likeness (QED) is 0.740. The molecule has 0 aromatic rings. The number of nitrogens with one attached hydrogen (secondary N) is 1. The minimum Gasteiger partial charge on any atom is -0.368 e. The second-order valence-electron chi connectivity index (χ2n) is 5.74. The zero-order chi connectivity index (χ0) is 13.2. The summed E-state index contributed by atoms with van der Waals surface area (Å²) in [5.41, 5.74) is 5.11. The van der Waals surface area contributed by atoms with Gasteiger partial charge in [0, 0.05) is 25.0 Å². The van der Waals surface area contributed by atoms with Gasteiger partial charge in [-0.1, -0.05) is 26.2 Å². The van der Waals surface area contributed by atoms with Crippen LogP contribution < -0.4 is 11.1 Å². The number of hydrogen-bond acceptors (Lipinski definition) is 3. The first-order valence-corrected chi connectivity index (χ1v) is 6.86. The number of rotatable bonds is 2. The molecule has 2 rings (SSSR count). The van der Waals surface area contributed by atoms with Crippen molar-refractivity contribution in [3.63, 3.8) is 0 Å². The minimum absolute atomic E-state index is 0.118. The van der Waals surface area contributed by atoms with Gasteiger partial charge in [0.2, 0.25) is 11.8 Å². The molecule has 2 amide bonds. The van der Waals surface area contributed by atoms with Crippen molar-refractivity contribution in [3.05, 3.63) is 0 Å². The highest BCUT2D eigenvalue weighted by atomic mass is 16.2. The molecule has 3 N–H and O–H groups in total. The summed E-state index contributed by atoms with van der Waals surface area (Å²) in [7, 11) is 0. The minimum atomic E-state index is -0.481. The molecule has 1 atom stereocenters. The van der Waals surface area contributed by atoms with Gasteiger partial charge in [0.25, 0.3) is 0 Å². The van der Waals surface area contributed by atoms with Crippen LogP contribution in [0.5, 0.6) is 0 Å². The number of nitrogens with zero attached hydrogens (tertiary/aromatic N) is 1. The third kappa shape index (κ3) is 2.51. The molecule has 0 spiro atoms. The molecule has 5 heteroatoms. The average Bonchev–Trinajstić information content (AvgIpc) is 2.38. The van der Waals surface area contributed by atoms with Crippen LogP contribution in [0, 0.1) is 5.41 Å². The van der Waals surface area contributed by atoms with Crippen molar-refractivity contribution in [2.75, 3.05) is 19.6 Å². The van der Waals surface area contributed by atoms with E-state index in [1.165, 1.54) is 6.42 Å². The highest BCUT2D eigenvalue weighted by molar-refractivity contribution is 5.89. The van der Waals surface area contributed by atoms with Gasteiger partial charge in [-0.25, -0.2) is 0 Å². The van der Waals surface area contributed by atoms with E-state index in [1.807, 2.05) is 6.92 Å². The second-order valence-corrected chi connectivity index (χ2v) is 5.74. The Hall–Kier alpha value is -1.10. The van der Waals surface area contributed by atoms with Crippen molar-refractivity contribution < 1.29 is 9.59 Å². The Morgan fingerprint density at radius 1 is 1.28 bits per heavy atom. The first-order chi connectivity index (χ1) is 8.54. The van der Waals surface area contributed by atoms with Gasteiger partial charge >= 0.3 is 0 Å². The van der Waals surface area contributed by atoms with Crippen molar-refractivity contribution in [1.82, 2.24) is 10.2 Å². The molecule has 1 unspecified atom stereocenters. The Kier molecular flexibility index (Phi) is 3.90. The maximum atomic E-state index is 12.7. The van der Waals surface area contributed by atoms with E-state index in [0.717, 1.165) is 32.2 Å². The number of carbonyl (C=O) groups is 2. The normalized spacial score (nSPS) is 27.8. The molecule has 0 radical (unpaired) electrons. The molecule has 1 saturated carbocycles. The van der Waals surface area contributed by atoms with E-state index in [9.17, 15) is 9.59 Å². The fourth-order valence-corrected chi connectivity index (χ4v) is 3.09. The highest BCUT2D eigenvalue weighted by Crippen LogP contribution is 2.37. The van der Waals surface area contributed by atoms with Crippen LogP contribution in [0.2, 0.25) is 0 Å². The fourth-order valence-electron chi connectivity index (χ4n) is 3.09. The van der Waals surface area contributed by atoms with Gasteiger partial charge in [0.1, 0.15) is 6.04 Å². The summed E-state index contributed by atoms with van der Waals surface area (Å²) in [4.78, 5) is 25.8. The third-order valence-electron chi connectivity index (χ3n) is 4.31. The molecule has 1 heterocycles. The Morgan fingerprint density at radius 2 is 1.94 bits per heavy atom. The molecular formula is C13H23N3O2. The first-order valence-electron chi connectivity index (χ1n) is 6.86. The van der Waals surface area contributed by atoms with Crippen molar-refractivity contribution >= 4 is 11.8 Å². The van der Waals surface area contributed by atoms with E-state index in [0.29, 0.717) is 13.1 Å². The molecule has 2 aliphatic rings. The Balaban J connectivity index is 2.12. The predicted molar refractivity (Wildman–Crippen MR) is 68.8 cm³/mol. The Labute approximate surface area is 108 Å². The smallest absolute Gasteiger partial charge is 0.241 e. The lowest BCUT2D eigenvalue weighted by molar-refractivity contribution is -0.150. The fraction of sp³-hybridized carbons (Fsp3) is 0.846. The number of amides is 2. The van der Waals surface area contributed by atoms with Crippen LogP contribution in [0.3, 0.4) is 0 Å². The van der Waals surface area contributed by atoms with Crippen LogP contribution in [0.15, 0.2) is 0 Å². The van der Waals surface area contributed by atoms with Gasteiger partial charge in [0.05, 0.1) is 0 Å². The highest BCUT2D eigenvalue weighted by Gasteiger charge is 2.41. The standard InChI is InChI=1S/C13H23N3O2/c1-13(5-3-2-4-6-13)12(18)16-8-7-15-9-10(16)11(14)17/h10,15H,2-9H2,1H3,(H2,14,17). The van der Waals surface area contributed by atoms with E-state index in [2.05, 4.69) is 5.32 Å². The van der Waals surface area contributed by atoms with Gasteiger partial charge in [-0.3, -0.25) is 9.59 Å². The summed E-state index contributed by atoms with van der Waals surface area (Å²) in [5.74, 6) is -0.289. The van der Waals surface area contributed by atoms with Gasteiger partial charge in [-0.15, -0.1) is 0 Å². The van der Waals surface area contributed by atoms with Gasteiger partial charge in [-0.05, 0) is 12.8 Å². The molecule has 2 fully saturated rings. The molecule has 1 aliphatic carbocycles. The lowest BCUT2D eigenvalue weighted by atomic mass is 9.74. The number of piperazine rings is 1. The van der Waals surface area contributed by atoms with Crippen LogP contribution in [0.25, 0.3) is 0 Å². The summed E-state index contributed by atoms with van der Waals surface area (Å²) in [6, 6.07) is -0.481. The van der Waals surface area contributed by atoms with E-state index in [-0.39, 0.29) is 11.3 Å². The van der Waals surface area contributed by atoms with E-state index < -0.39 is 11.9 Å². The largest absolute Gasteiger partial charge is 0.368 e. The lowest BCUT2D eigenvalue weighted by Crippen LogP contribution is -2.61. The first kappa shape index (κ1) is 13.3. The van der Waals surface area contributed by atoms with Crippen LogP contribution in [0.1, 0.15) is 39.0 Å². The molecule has 1 aliphatic heterocycles. The predicted octanol–water partition coefficient (Wildman–Crippen LogP) is 0.243. The van der Waals surface area contributed by atoms with Crippen LogP contribution in [-0.4, -0.2) is 42.4 Å². The average molecular weight is 253 g/mol. The summed E-state index contributed by atoms with van der Waals surface area (Å²) >= 11 is 0. The Bertz CT molecular complexity index is 337. The molecule has 102 valence electrons. The number of nitrogens with two attached hydrogens (primary N) is 1. The van der Waals surface area contributed by atoms with E-state index >= 15 is 0 Å². The van der Waals surface area contributed by atoms with Gasteiger partial charge in [0.15, 0.2) is 0 Å².